The van der Waals surface area contributed by atoms with Crippen LogP contribution in [0.4, 0.5) is 20.2 Å². The number of nitrogens with zero attached hydrogens (tertiary/aromatic N) is 2. The molecule has 0 unspecified atom stereocenters. The summed E-state index contributed by atoms with van der Waals surface area (Å²) in [6.45, 7) is 4.76. The van der Waals surface area contributed by atoms with Crippen LogP contribution in [0.25, 0.3) is 10.9 Å². The monoisotopic (exact) mass is 736 g/mol. The standard InChI is InChI=1S/C34H34F2N4O6.C3H4O4/c1-43-30-20-25-27(21-31(30)45-16-2-13-40-14-17-44-18-15-40)37-12-9-28(25)46-29-8-7-24(19-26(29)36)39-33(42)34(10-11-34)32(41)38-23-5-3-22(35)4-6-23;4-2(5)1-3(6)7/h3-9,12,19-21H,2,10-11,13-18H2,1H3,(H,38,41)(H,39,42);1H2,(H,4,5)(H,6,7). The molecule has 2 amide bonds. The maximum atomic E-state index is 15.2. The van der Waals surface area contributed by atoms with Gasteiger partial charge in [0.15, 0.2) is 23.1 Å². The summed E-state index contributed by atoms with van der Waals surface area (Å²) in [5, 5.41) is 21.3. The lowest BCUT2D eigenvalue weighted by molar-refractivity contribution is -0.147. The molecule has 280 valence electrons. The van der Waals surface area contributed by atoms with Gasteiger partial charge in [-0.05, 0) is 67.8 Å². The Labute approximate surface area is 302 Å². The Balaban J connectivity index is 0.000000705. The number of pyridine rings is 1. The van der Waals surface area contributed by atoms with E-state index in [0.717, 1.165) is 45.3 Å². The van der Waals surface area contributed by atoms with Gasteiger partial charge in [-0.1, -0.05) is 0 Å². The van der Waals surface area contributed by atoms with E-state index in [4.69, 9.17) is 29.2 Å². The van der Waals surface area contributed by atoms with Gasteiger partial charge in [-0.2, -0.15) is 0 Å². The highest BCUT2D eigenvalue weighted by molar-refractivity contribution is 6.16. The van der Waals surface area contributed by atoms with Crippen molar-refractivity contribution >= 4 is 46.0 Å². The summed E-state index contributed by atoms with van der Waals surface area (Å²) in [4.78, 5) is 51.5. The van der Waals surface area contributed by atoms with Crippen LogP contribution < -0.4 is 24.8 Å². The third kappa shape index (κ3) is 10.4. The molecule has 1 aliphatic heterocycles. The molecule has 1 aliphatic carbocycles. The zero-order valence-corrected chi connectivity index (χ0v) is 28.7. The van der Waals surface area contributed by atoms with Gasteiger partial charge in [-0.3, -0.25) is 29.1 Å². The highest BCUT2D eigenvalue weighted by Crippen LogP contribution is 2.47. The van der Waals surface area contributed by atoms with Crippen molar-refractivity contribution in [3.05, 3.63) is 78.5 Å². The van der Waals surface area contributed by atoms with E-state index >= 15 is 4.39 Å². The average Bonchev–Trinajstić information content (AvgIpc) is 3.95. The highest BCUT2D eigenvalue weighted by atomic mass is 19.1. The van der Waals surface area contributed by atoms with E-state index in [2.05, 4.69) is 20.5 Å². The fourth-order valence-corrected chi connectivity index (χ4v) is 5.41. The molecule has 0 spiro atoms. The van der Waals surface area contributed by atoms with Crippen LogP contribution in [0.15, 0.2) is 66.9 Å². The van der Waals surface area contributed by atoms with Crippen LogP contribution in [0, 0.1) is 17.0 Å². The number of carboxylic acid groups (broad SMARTS) is 2. The average molecular weight is 737 g/mol. The molecule has 0 atom stereocenters. The Hall–Kier alpha value is -5.87. The first kappa shape index (κ1) is 38.4. The fraction of sp³-hybridized carbons (Fsp3) is 0.324. The van der Waals surface area contributed by atoms with Crippen LogP contribution in [0.3, 0.4) is 0 Å². The molecule has 14 nitrogen and oxygen atoms in total. The van der Waals surface area contributed by atoms with Crippen molar-refractivity contribution in [2.45, 2.75) is 25.7 Å². The Bertz CT molecular complexity index is 1940. The van der Waals surface area contributed by atoms with Crippen LogP contribution in [-0.2, 0) is 23.9 Å². The number of benzene rings is 3. The number of aliphatic carboxylic acids is 2. The number of carbonyl (C=O) groups is 4. The summed E-state index contributed by atoms with van der Waals surface area (Å²) in [7, 11) is 1.55. The molecule has 0 bridgehead atoms. The summed E-state index contributed by atoms with van der Waals surface area (Å²) >= 11 is 0. The molecule has 2 fully saturated rings. The minimum Gasteiger partial charge on any atom is -0.493 e. The van der Waals surface area contributed by atoms with Crippen molar-refractivity contribution < 1.29 is 57.1 Å². The number of rotatable bonds is 14. The fourth-order valence-electron chi connectivity index (χ4n) is 5.41. The SMILES string of the molecule is COc1cc2c(Oc3ccc(NC(=O)C4(C(=O)Nc5ccc(F)cc5)CC4)cc3F)ccnc2cc1OCCCN1CCOCC1.O=C(O)CC(=O)O. The Morgan fingerprint density at radius 1 is 0.849 bits per heavy atom. The number of halogens is 2. The van der Waals surface area contributed by atoms with E-state index in [0.29, 0.717) is 53.3 Å². The van der Waals surface area contributed by atoms with Gasteiger partial charge in [0.05, 0.1) is 32.4 Å². The van der Waals surface area contributed by atoms with Crippen LogP contribution in [-0.4, -0.2) is 90.4 Å². The normalized spacial score (nSPS) is 14.6. The molecule has 1 saturated carbocycles. The second kappa shape index (κ2) is 17.6. The number of fused-ring (bicyclic) bond motifs is 1. The summed E-state index contributed by atoms with van der Waals surface area (Å²) in [5.41, 5.74) is -0.144. The number of ether oxygens (including phenoxy) is 4. The van der Waals surface area contributed by atoms with Gasteiger partial charge < -0.3 is 39.8 Å². The molecule has 16 heteroatoms. The van der Waals surface area contributed by atoms with Crippen LogP contribution in [0.2, 0.25) is 0 Å². The second-order valence-corrected chi connectivity index (χ2v) is 12.2. The molecular formula is C37H38F2N4O10. The van der Waals surface area contributed by atoms with E-state index in [9.17, 15) is 23.6 Å². The number of carboxylic acids is 2. The van der Waals surface area contributed by atoms with Crippen LogP contribution >= 0.6 is 0 Å². The zero-order chi connectivity index (χ0) is 38.0. The van der Waals surface area contributed by atoms with E-state index in [1.807, 2.05) is 0 Å². The smallest absolute Gasteiger partial charge is 0.314 e. The topological polar surface area (TPSA) is 186 Å². The lowest BCUT2D eigenvalue weighted by Crippen LogP contribution is -2.37. The van der Waals surface area contributed by atoms with Gasteiger partial charge in [-0.25, -0.2) is 8.78 Å². The van der Waals surface area contributed by atoms with Crippen molar-refractivity contribution in [2.75, 3.05) is 57.2 Å². The van der Waals surface area contributed by atoms with Crippen molar-refractivity contribution in [2.24, 2.45) is 5.41 Å². The minimum absolute atomic E-state index is 0.0666. The lowest BCUT2D eigenvalue weighted by Gasteiger charge is -2.26. The Morgan fingerprint density at radius 2 is 1.51 bits per heavy atom. The predicted molar refractivity (Wildman–Crippen MR) is 187 cm³/mol. The largest absolute Gasteiger partial charge is 0.493 e. The number of anilines is 2. The van der Waals surface area contributed by atoms with E-state index in [-0.39, 0.29) is 11.4 Å². The predicted octanol–water partition coefficient (Wildman–Crippen LogP) is 5.32. The summed E-state index contributed by atoms with van der Waals surface area (Å²) < 4.78 is 51.4. The van der Waals surface area contributed by atoms with Crippen molar-refractivity contribution in [1.29, 1.82) is 0 Å². The molecule has 2 heterocycles. The summed E-state index contributed by atoms with van der Waals surface area (Å²) in [6, 6.07) is 14.4. The number of amides is 2. The maximum absolute atomic E-state index is 15.2. The Morgan fingerprint density at radius 3 is 2.11 bits per heavy atom. The number of aromatic nitrogens is 1. The van der Waals surface area contributed by atoms with Gasteiger partial charge in [0.1, 0.15) is 23.4 Å². The molecule has 6 rings (SSSR count). The molecule has 4 N–H and O–H groups in total. The summed E-state index contributed by atoms with van der Waals surface area (Å²) in [6.07, 6.45) is 2.28. The molecule has 1 saturated heterocycles. The molecule has 3 aromatic carbocycles. The zero-order valence-electron chi connectivity index (χ0n) is 28.7. The number of methoxy groups -OCH3 is 1. The van der Waals surface area contributed by atoms with Gasteiger partial charge in [0.25, 0.3) is 0 Å². The van der Waals surface area contributed by atoms with Crippen molar-refractivity contribution in [3.63, 3.8) is 0 Å². The van der Waals surface area contributed by atoms with Crippen LogP contribution in [0.5, 0.6) is 23.0 Å². The molecule has 1 aromatic heterocycles. The molecule has 53 heavy (non-hydrogen) atoms. The maximum Gasteiger partial charge on any atom is 0.314 e. The van der Waals surface area contributed by atoms with E-state index in [1.54, 1.807) is 31.5 Å². The molecule has 2 aliphatic rings. The third-order valence-corrected chi connectivity index (χ3v) is 8.40. The number of carbonyl (C=O) groups excluding carboxylic acids is 2. The van der Waals surface area contributed by atoms with Crippen LogP contribution in [0.1, 0.15) is 25.7 Å². The number of morpholine rings is 1. The molecular weight excluding hydrogens is 698 g/mol. The third-order valence-electron chi connectivity index (χ3n) is 8.40. The lowest BCUT2D eigenvalue weighted by atomic mass is 10.0. The first-order chi connectivity index (χ1) is 25.5. The first-order valence-corrected chi connectivity index (χ1v) is 16.7. The number of hydrogen-bond acceptors (Lipinski definition) is 10. The van der Waals surface area contributed by atoms with Gasteiger partial charge in [0.2, 0.25) is 11.8 Å². The summed E-state index contributed by atoms with van der Waals surface area (Å²) in [5.74, 6) is -3.50. The molecule has 0 radical (unpaired) electrons. The highest BCUT2D eigenvalue weighted by Gasteiger charge is 2.56. The van der Waals surface area contributed by atoms with Gasteiger partial charge in [0, 0.05) is 54.7 Å². The Kier molecular flexibility index (Phi) is 12.7. The van der Waals surface area contributed by atoms with Crippen molar-refractivity contribution in [1.82, 2.24) is 9.88 Å². The molecule has 4 aromatic rings. The van der Waals surface area contributed by atoms with E-state index < -0.39 is 47.2 Å². The number of nitrogens with one attached hydrogen (secondary N) is 2. The van der Waals surface area contributed by atoms with Crippen molar-refractivity contribution in [3.8, 4) is 23.0 Å². The second-order valence-electron chi connectivity index (χ2n) is 12.2. The number of hydrogen-bond donors (Lipinski definition) is 4. The first-order valence-electron chi connectivity index (χ1n) is 16.7. The van der Waals surface area contributed by atoms with Gasteiger partial charge >= 0.3 is 11.9 Å². The van der Waals surface area contributed by atoms with Gasteiger partial charge in [-0.15, -0.1) is 0 Å². The minimum atomic E-state index is -1.31. The van der Waals surface area contributed by atoms with E-state index in [1.165, 1.54) is 36.4 Å². The quantitative estimate of drug-likeness (QED) is 0.0967.